The van der Waals surface area contributed by atoms with Gasteiger partial charge >= 0.3 is 0 Å². The van der Waals surface area contributed by atoms with Crippen molar-refractivity contribution in [2.75, 3.05) is 5.32 Å². The lowest BCUT2D eigenvalue weighted by atomic mass is 10.1. The SMILES string of the molecule is CC(=O)Nc1ccc(CNCc2ccccc2C)cc1. The quantitative estimate of drug-likeness (QED) is 0.874. The van der Waals surface area contributed by atoms with E-state index in [4.69, 9.17) is 0 Å². The topological polar surface area (TPSA) is 41.1 Å². The zero-order chi connectivity index (χ0) is 14.4. The largest absolute Gasteiger partial charge is 0.326 e. The summed E-state index contributed by atoms with van der Waals surface area (Å²) in [5.74, 6) is -0.0459. The van der Waals surface area contributed by atoms with Crippen molar-refractivity contribution in [3.05, 3.63) is 65.2 Å². The third kappa shape index (κ3) is 4.21. The highest BCUT2D eigenvalue weighted by Gasteiger charge is 1.98. The van der Waals surface area contributed by atoms with E-state index in [0.717, 1.165) is 18.8 Å². The molecule has 0 saturated heterocycles. The monoisotopic (exact) mass is 268 g/mol. The Morgan fingerprint density at radius 2 is 1.70 bits per heavy atom. The molecule has 0 unspecified atom stereocenters. The van der Waals surface area contributed by atoms with Gasteiger partial charge in [0, 0.05) is 25.7 Å². The summed E-state index contributed by atoms with van der Waals surface area (Å²) in [6.07, 6.45) is 0. The fraction of sp³-hybridized carbons (Fsp3) is 0.235. The van der Waals surface area contributed by atoms with Gasteiger partial charge in [0.05, 0.1) is 0 Å². The highest BCUT2D eigenvalue weighted by atomic mass is 16.1. The molecule has 0 aliphatic heterocycles. The van der Waals surface area contributed by atoms with E-state index in [2.05, 4.69) is 41.8 Å². The van der Waals surface area contributed by atoms with Crippen LogP contribution in [0, 0.1) is 6.92 Å². The van der Waals surface area contributed by atoms with Crippen LogP contribution < -0.4 is 10.6 Å². The number of carbonyl (C=O) groups excluding carboxylic acids is 1. The average molecular weight is 268 g/mol. The van der Waals surface area contributed by atoms with Crippen molar-refractivity contribution in [3.63, 3.8) is 0 Å². The number of hydrogen-bond donors (Lipinski definition) is 2. The maximum atomic E-state index is 10.9. The first-order chi connectivity index (χ1) is 9.65. The van der Waals surface area contributed by atoms with E-state index in [1.165, 1.54) is 23.6 Å². The summed E-state index contributed by atoms with van der Waals surface area (Å²) in [7, 11) is 0. The fourth-order valence-corrected chi connectivity index (χ4v) is 2.06. The molecule has 0 heterocycles. The lowest BCUT2D eigenvalue weighted by Gasteiger charge is -2.08. The van der Waals surface area contributed by atoms with Crippen LogP contribution in [0.3, 0.4) is 0 Å². The van der Waals surface area contributed by atoms with Crippen LogP contribution in [0.5, 0.6) is 0 Å². The van der Waals surface area contributed by atoms with Gasteiger partial charge in [0.1, 0.15) is 0 Å². The molecule has 20 heavy (non-hydrogen) atoms. The Balaban J connectivity index is 1.85. The molecule has 0 bridgehead atoms. The summed E-state index contributed by atoms with van der Waals surface area (Å²) in [6, 6.07) is 16.3. The summed E-state index contributed by atoms with van der Waals surface area (Å²) >= 11 is 0. The van der Waals surface area contributed by atoms with Gasteiger partial charge in [-0.1, -0.05) is 36.4 Å². The molecular weight excluding hydrogens is 248 g/mol. The fourth-order valence-electron chi connectivity index (χ4n) is 2.06. The Labute approximate surface area is 120 Å². The first-order valence-corrected chi connectivity index (χ1v) is 6.77. The predicted molar refractivity (Wildman–Crippen MR) is 82.5 cm³/mol. The van der Waals surface area contributed by atoms with Crippen molar-refractivity contribution < 1.29 is 4.79 Å². The number of nitrogens with one attached hydrogen (secondary N) is 2. The molecule has 3 heteroatoms. The van der Waals surface area contributed by atoms with Crippen molar-refractivity contribution in [1.82, 2.24) is 5.32 Å². The molecule has 2 rings (SSSR count). The third-order valence-corrected chi connectivity index (χ3v) is 3.18. The first kappa shape index (κ1) is 14.3. The average Bonchev–Trinajstić information content (AvgIpc) is 2.42. The number of anilines is 1. The molecule has 0 saturated carbocycles. The van der Waals surface area contributed by atoms with Gasteiger partial charge in [0.15, 0.2) is 0 Å². The van der Waals surface area contributed by atoms with E-state index in [0.29, 0.717) is 0 Å². The molecule has 0 radical (unpaired) electrons. The molecule has 0 fully saturated rings. The molecule has 2 aromatic carbocycles. The summed E-state index contributed by atoms with van der Waals surface area (Å²) < 4.78 is 0. The first-order valence-electron chi connectivity index (χ1n) is 6.77. The van der Waals surface area contributed by atoms with Crippen LogP contribution in [0.15, 0.2) is 48.5 Å². The van der Waals surface area contributed by atoms with Crippen LogP contribution in [0.4, 0.5) is 5.69 Å². The Bertz CT molecular complexity index is 576. The van der Waals surface area contributed by atoms with Gasteiger partial charge in [-0.3, -0.25) is 4.79 Å². The van der Waals surface area contributed by atoms with Crippen LogP contribution in [0.25, 0.3) is 0 Å². The Morgan fingerprint density at radius 3 is 2.35 bits per heavy atom. The zero-order valence-electron chi connectivity index (χ0n) is 11.9. The summed E-state index contributed by atoms with van der Waals surface area (Å²) in [6.45, 7) is 5.31. The van der Waals surface area contributed by atoms with E-state index in [1.54, 1.807) is 0 Å². The molecule has 0 aromatic heterocycles. The van der Waals surface area contributed by atoms with Gasteiger partial charge < -0.3 is 10.6 Å². The van der Waals surface area contributed by atoms with E-state index in [1.807, 2.05) is 24.3 Å². The summed E-state index contributed by atoms with van der Waals surface area (Å²) in [4.78, 5) is 10.9. The van der Waals surface area contributed by atoms with Crippen molar-refractivity contribution in [2.24, 2.45) is 0 Å². The second-order valence-electron chi connectivity index (χ2n) is 4.91. The maximum Gasteiger partial charge on any atom is 0.221 e. The van der Waals surface area contributed by atoms with Crippen molar-refractivity contribution in [1.29, 1.82) is 0 Å². The van der Waals surface area contributed by atoms with E-state index in [-0.39, 0.29) is 5.91 Å². The third-order valence-electron chi connectivity index (χ3n) is 3.18. The summed E-state index contributed by atoms with van der Waals surface area (Å²) in [5.41, 5.74) is 4.66. The highest BCUT2D eigenvalue weighted by Crippen LogP contribution is 2.10. The number of carbonyl (C=O) groups is 1. The van der Waals surface area contributed by atoms with Crippen LogP contribution in [0.1, 0.15) is 23.6 Å². The minimum absolute atomic E-state index is 0.0459. The zero-order valence-corrected chi connectivity index (χ0v) is 11.9. The van der Waals surface area contributed by atoms with Crippen LogP contribution in [0.2, 0.25) is 0 Å². The molecule has 0 aliphatic rings. The molecule has 2 aromatic rings. The second-order valence-corrected chi connectivity index (χ2v) is 4.91. The number of aryl methyl sites for hydroxylation is 1. The van der Waals surface area contributed by atoms with Gasteiger partial charge in [0.2, 0.25) is 5.91 Å². The van der Waals surface area contributed by atoms with Gasteiger partial charge in [0.25, 0.3) is 0 Å². The molecular formula is C17H20N2O. The van der Waals surface area contributed by atoms with Crippen molar-refractivity contribution in [2.45, 2.75) is 26.9 Å². The molecule has 0 atom stereocenters. The Hall–Kier alpha value is -2.13. The lowest BCUT2D eigenvalue weighted by Crippen LogP contribution is -2.13. The minimum atomic E-state index is -0.0459. The lowest BCUT2D eigenvalue weighted by molar-refractivity contribution is -0.114. The number of rotatable bonds is 5. The molecule has 2 N–H and O–H groups in total. The Kier molecular flexibility index (Phi) is 4.91. The maximum absolute atomic E-state index is 10.9. The van der Waals surface area contributed by atoms with E-state index < -0.39 is 0 Å². The van der Waals surface area contributed by atoms with Crippen LogP contribution >= 0.6 is 0 Å². The van der Waals surface area contributed by atoms with E-state index >= 15 is 0 Å². The number of hydrogen-bond acceptors (Lipinski definition) is 2. The minimum Gasteiger partial charge on any atom is -0.326 e. The van der Waals surface area contributed by atoms with Gasteiger partial charge in [-0.15, -0.1) is 0 Å². The predicted octanol–water partition coefficient (Wildman–Crippen LogP) is 3.24. The smallest absolute Gasteiger partial charge is 0.221 e. The van der Waals surface area contributed by atoms with Gasteiger partial charge in [-0.05, 0) is 35.7 Å². The highest BCUT2D eigenvalue weighted by molar-refractivity contribution is 5.88. The number of benzene rings is 2. The molecule has 1 amide bonds. The van der Waals surface area contributed by atoms with E-state index in [9.17, 15) is 4.79 Å². The van der Waals surface area contributed by atoms with Gasteiger partial charge in [-0.25, -0.2) is 0 Å². The summed E-state index contributed by atoms with van der Waals surface area (Å²) in [5, 5.41) is 6.19. The second kappa shape index (κ2) is 6.87. The molecule has 104 valence electrons. The van der Waals surface area contributed by atoms with Crippen molar-refractivity contribution >= 4 is 11.6 Å². The Morgan fingerprint density at radius 1 is 1.00 bits per heavy atom. The van der Waals surface area contributed by atoms with Crippen LogP contribution in [-0.2, 0) is 17.9 Å². The van der Waals surface area contributed by atoms with Crippen molar-refractivity contribution in [3.8, 4) is 0 Å². The molecule has 0 spiro atoms. The molecule has 0 aliphatic carbocycles. The van der Waals surface area contributed by atoms with Gasteiger partial charge in [-0.2, -0.15) is 0 Å². The van der Waals surface area contributed by atoms with Crippen LogP contribution in [-0.4, -0.2) is 5.91 Å². The normalized spacial score (nSPS) is 10.3. The standard InChI is InChI=1S/C17H20N2O/c1-13-5-3-4-6-16(13)12-18-11-15-7-9-17(10-8-15)19-14(2)20/h3-10,18H,11-12H2,1-2H3,(H,19,20). The number of amides is 1. The molecule has 3 nitrogen and oxygen atoms in total.